The molecule has 5 heteroatoms. The number of nitrogens with zero attached hydrogens (tertiary/aromatic N) is 2. The number of rotatable bonds is 10. The number of aliphatic imine (C=N–C) groups is 1. The van der Waals surface area contributed by atoms with E-state index < -0.39 is 0 Å². The van der Waals surface area contributed by atoms with E-state index in [4.69, 9.17) is 0 Å². The molecule has 0 amide bonds. The van der Waals surface area contributed by atoms with Gasteiger partial charge in [-0.15, -0.1) is 24.0 Å². The van der Waals surface area contributed by atoms with Crippen molar-refractivity contribution < 1.29 is 0 Å². The summed E-state index contributed by atoms with van der Waals surface area (Å²) in [7, 11) is 1.86. The third kappa shape index (κ3) is 8.24. The molecule has 0 aromatic carbocycles. The first-order chi connectivity index (χ1) is 9.83. The van der Waals surface area contributed by atoms with Gasteiger partial charge in [-0.1, -0.05) is 19.8 Å². The van der Waals surface area contributed by atoms with Crippen LogP contribution < -0.4 is 10.6 Å². The number of nitrogens with one attached hydrogen (secondary N) is 2. The predicted octanol–water partition coefficient (Wildman–Crippen LogP) is 2.83. The van der Waals surface area contributed by atoms with Crippen molar-refractivity contribution in [2.24, 2.45) is 10.9 Å². The predicted molar refractivity (Wildman–Crippen MR) is 102 cm³/mol. The summed E-state index contributed by atoms with van der Waals surface area (Å²) < 4.78 is 0. The zero-order chi connectivity index (χ0) is 14.2. The largest absolute Gasteiger partial charge is 0.356 e. The maximum absolute atomic E-state index is 4.29. The quantitative estimate of drug-likeness (QED) is 0.253. The van der Waals surface area contributed by atoms with Crippen molar-refractivity contribution in [3.8, 4) is 0 Å². The molecule has 2 rings (SSSR count). The van der Waals surface area contributed by atoms with Gasteiger partial charge in [-0.2, -0.15) is 0 Å². The topological polar surface area (TPSA) is 39.7 Å². The molecule has 2 N–H and O–H groups in total. The molecule has 0 saturated heterocycles. The van der Waals surface area contributed by atoms with E-state index in [2.05, 4.69) is 27.4 Å². The summed E-state index contributed by atoms with van der Waals surface area (Å²) in [6.45, 7) is 6.77. The van der Waals surface area contributed by atoms with Crippen LogP contribution in [0.25, 0.3) is 0 Å². The van der Waals surface area contributed by atoms with Crippen molar-refractivity contribution in [1.29, 1.82) is 0 Å². The molecule has 0 aromatic rings. The van der Waals surface area contributed by atoms with E-state index in [-0.39, 0.29) is 24.0 Å². The van der Waals surface area contributed by atoms with E-state index in [1.54, 1.807) is 0 Å². The van der Waals surface area contributed by atoms with E-state index in [9.17, 15) is 0 Å². The van der Waals surface area contributed by atoms with Crippen LogP contribution in [0.3, 0.4) is 0 Å². The summed E-state index contributed by atoms with van der Waals surface area (Å²) >= 11 is 0. The lowest BCUT2D eigenvalue weighted by atomic mass is 10.2. The highest BCUT2D eigenvalue weighted by atomic mass is 127. The van der Waals surface area contributed by atoms with Crippen LogP contribution in [0.15, 0.2) is 4.99 Å². The second kappa shape index (κ2) is 10.6. The Labute approximate surface area is 147 Å². The SMILES string of the molecule is CCCCCNC(=NC)NCCN(CC1CC1)C1CC1.I. The van der Waals surface area contributed by atoms with Crippen LogP contribution >= 0.6 is 24.0 Å². The standard InChI is InChI=1S/C16H32N4.HI/c1-3-4-5-10-18-16(17-2)19-11-12-20(15-8-9-15)13-14-6-7-14;/h14-15H,3-13H2,1-2H3,(H2,17,18,19);1H. The minimum Gasteiger partial charge on any atom is -0.356 e. The Balaban J connectivity index is 0.00000220. The van der Waals surface area contributed by atoms with E-state index in [1.807, 2.05) is 7.05 Å². The molecular formula is C16H33IN4. The monoisotopic (exact) mass is 408 g/mol. The zero-order valence-corrected chi connectivity index (χ0v) is 16.1. The average molecular weight is 408 g/mol. The molecule has 124 valence electrons. The highest BCUT2D eigenvalue weighted by Gasteiger charge is 2.33. The second-order valence-electron chi connectivity index (χ2n) is 6.30. The van der Waals surface area contributed by atoms with Crippen LogP contribution in [-0.4, -0.2) is 50.1 Å². The molecule has 0 atom stereocenters. The molecule has 0 radical (unpaired) electrons. The Morgan fingerprint density at radius 2 is 1.81 bits per heavy atom. The second-order valence-corrected chi connectivity index (χ2v) is 6.30. The summed E-state index contributed by atoms with van der Waals surface area (Å²) in [5.41, 5.74) is 0. The molecule has 2 aliphatic rings. The first-order valence-electron chi connectivity index (χ1n) is 8.52. The van der Waals surface area contributed by atoms with Crippen LogP contribution in [0.2, 0.25) is 0 Å². The third-order valence-corrected chi connectivity index (χ3v) is 4.24. The summed E-state index contributed by atoms with van der Waals surface area (Å²) in [5.74, 6) is 1.96. The Kier molecular flexibility index (Phi) is 9.64. The fourth-order valence-corrected chi connectivity index (χ4v) is 2.62. The van der Waals surface area contributed by atoms with E-state index in [0.717, 1.165) is 37.6 Å². The summed E-state index contributed by atoms with van der Waals surface area (Å²) in [6.07, 6.45) is 9.53. The highest BCUT2D eigenvalue weighted by molar-refractivity contribution is 14.0. The molecule has 2 saturated carbocycles. The Hall–Kier alpha value is -0.0400. The zero-order valence-electron chi connectivity index (χ0n) is 13.7. The van der Waals surface area contributed by atoms with Gasteiger partial charge in [-0.05, 0) is 38.0 Å². The van der Waals surface area contributed by atoms with Gasteiger partial charge in [-0.3, -0.25) is 9.89 Å². The minimum atomic E-state index is 0. The van der Waals surface area contributed by atoms with Gasteiger partial charge in [0.2, 0.25) is 0 Å². The van der Waals surface area contributed by atoms with Crippen LogP contribution in [0.5, 0.6) is 0 Å². The van der Waals surface area contributed by atoms with Gasteiger partial charge >= 0.3 is 0 Å². The Morgan fingerprint density at radius 3 is 2.38 bits per heavy atom. The van der Waals surface area contributed by atoms with Gasteiger partial charge in [0.25, 0.3) is 0 Å². The van der Waals surface area contributed by atoms with Gasteiger partial charge in [-0.25, -0.2) is 0 Å². The van der Waals surface area contributed by atoms with Crippen molar-refractivity contribution in [1.82, 2.24) is 15.5 Å². The van der Waals surface area contributed by atoms with E-state index in [1.165, 1.54) is 51.5 Å². The minimum absolute atomic E-state index is 0. The van der Waals surface area contributed by atoms with Gasteiger partial charge in [0.15, 0.2) is 5.96 Å². The summed E-state index contributed by atoms with van der Waals surface area (Å²) in [5, 5.41) is 6.85. The maximum atomic E-state index is 4.29. The summed E-state index contributed by atoms with van der Waals surface area (Å²) in [6, 6.07) is 0.886. The smallest absolute Gasteiger partial charge is 0.191 e. The molecular weight excluding hydrogens is 375 g/mol. The van der Waals surface area contributed by atoms with Gasteiger partial charge in [0.1, 0.15) is 0 Å². The van der Waals surface area contributed by atoms with Crippen LogP contribution in [0.4, 0.5) is 0 Å². The third-order valence-electron chi connectivity index (χ3n) is 4.24. The number of guanidine groups is 1. The van der Waals surface area contributed by atoms with Gasteiger partial charge in [0.05, 0.1) is 0 Å². The molecule has 2 aliphatic carbocycles. The molecule has 2 fully saturated rings. The lowest BCUT2D eigenvalue weighted by Crippen LogP contribution is -2.42. The maximum Gasteiger partial charge on any atom is 0.191 e. The van der Waals surface area contributed by atoms with E-state index >= 15 is 0 Å². The first kappa shape index (κ1) is 19.0. The number of hydrogen-bond donors (Lipinski definition) is 2. The molecule has 0 aromatic heterocycles. The van der Waals surface area contributed by atoms with Crippen molar-refractivity contribution in [3.05, 3.63) is 0 Å². The van der Waals surface area contributed by atoms with Crippen LogP contribution in [-0.2, 0) is 0 Å². The van der Waals surface area contributed by atoms with Gasteiger partial charge in [0, 0.05) is 39.3 Å². The first-order valence-corrected chi connectivity index (χ1v) is 8.52. The molecule has 0 bridgehead atoms. The van der Waals surface area contributed by atoms with Crippen molar-refractivity contribution in [2.45, 2.75) is 57.9 Å². The number of hydrogen-bond acceptors (Lipinski definition) is 2. The van der Waals surface area contributed by atoms with Crippen molar-refractivity contribution >= 4 is 29.9 Å². The molecule has 0 unspecified atom stereocenters. The van der Waals surface area contributed by atoms with Gasteiger partial charge < -0.3 is 10.6 Å². The van der Waals surface area contributed by atoms with Crippen molar-refractivity contribution in [2.75, 3.05) is 33.2 Å². The van der Waals surface area contributed by atoms with E-state index in [0.29, 0.717) is 0 Å². The molecule has 0 heterocycles. The summed E-state index contributed by atoms with van der Waals surface area (Å²) in [4.78, 5) is 6.98. The van der Waals surface area contributed by atoms with Crippen LogP contribution in [0, 0.1) is 5.92 Å². The molecule has 0 spiro atoms. The molecule has 21 heavy (non-hydrogen) atoms. The number of unbranched alkanes of at least 4 members (excludes halogenated alkanes) is 2. The fourth-order valence-electron chi connectivity index (χ4n) is 2.62. The molecule has 4 nitrogen and oxygen atoms in total. The van der Waals surface area contributed by atoms with Crippen molar-refractivity contribution in [3.63, 3.8) is 0 Å². The van der Waals surface area contributed by atoms with Crippen LogP contribution in [0.1, 0.15) is 51.9 Å². The normalized spacial score (nSPS) is 18.5. The fraction of sp³-hybridized carbons (Fsp3) is 0.938. The Morgan fingerprint density at radius 1 is 1.10 bits per heavy atom. The lowest BCUT2D eigenvalue weighted by molar-refractivity contribution is 0.256. The average Bonchev–Trinajstić information content (AvgIpc) is 3.32. The Bertz CT molecular complexity index is 301. The molecule has 0 aliphatic heterocycles. The highest BCUT2D eigenvalue weighted by Crippen LogP contribution is 2.34. The lowest BCUT2D eigenvalue weighted by Gasteiger charge is -2.22. The number of halogens is 1.